The molecule has 2 aromatic carbocycles. The number of hydrogen-bond donors (Lipinski definition) is 1. The molecule has 2 N–H and O–H groups in total. The number of benzene rings is 2. The molecule has 0 saturated heterocycles. The monoisotopic (exact) mass is 412 g/mol. The van der Waals surface area contributed by atoms with Crippen LogP contribution in [0.15, 0.2) is 71.0 Å². The predicted molar refractivity (Wildman–Crippen MR) is 110 cm³/mol. The van der Waals surface area contributed by atoms with Gasteiger partial charge in [-0.2, -0.15) is 0 Å². The quantitative estimate of drug-likeness (QED) is 0.620. The lowest BCUT2D eigenvalue weighted by Crippen LogP contribution is -2.23. The fraction of sp³-hybridized carbons (Fsp3) is 0.182. The van der Waals surface area contributed by atoms with Crippen molar-refractivity contribution in [3.05, 3.63) is 82.9 Å². The Morgan fingerprint density at radius 1 is 1.07 bits per heavy atom. The molecule has 29 heavy (non-hydrogen) atoms. The largest absolute Gasteiger partial charge is 0.497 e. The normalized spacial score (nSPS) is 16.4. The third-order valence-electron chi connectivity index (χ3n) is 4.70. The molecule has 3 aromatic rings. The van der Waals surface area contributed by atoms with Crippen LogP contribution in [0.2, 0.25) is 5.02 Å². The van der Waals surface area contributed by atoms with Gasteiger partial charge in [0.1, 0.15) is 29.1 Å². The van der Waals surface area contributed by atoms with Gasteiger partial charge in [0.05, 0.1) is 20.8 Å². The summed E-state index contributed by atoms with van der Waals surface area (Å²) in [5.74, 6) is 3.19. The zero-order valence-electron chi connectivity index (χ0n) is 16.1. The molecule has 0 spiro atoms. The van der Waals surface area contributed by atoms with E-state index >= 15 is 0 Å². The molecular formula is C22H21ClN2O4. The summed E-state index contributed by atoms with van der Waals surface area (Å²) in [6.45, 7) is 0.447. The highest BCUT2D eigenvalue weighted by Gasteiger charge is 2.31. The van der Waals surface area contributed by atoms with E-state index in [0.717, 1.165) is 22.6 Å². The van der Waals surface area contributed by atoms with Crippen LogP contribution in [0.25, 0.3) is 11.3 Å². The highest BCUT2D eigenvalue weighted by molar-refractivity contribution is 6.30. The minimum Gasteiger partial charge on any atom is -0.497 e. The van der Waals surface area contributed by atoms with Crippen molar-refractivity contribution in [3.63, 3.8) is 0 Å². The van der Waals surface area contributed by atoms with Gasteiger partial charge >= 0.3 is 0 Å². The minimum absolute atomic E-state index is 0.269. The average molecular weight is 413 g/mol. The van der Waals surface area contributed by atoms with Crippen LogP contribution >= 0.6 is 11.6 Å². The van der Waals surface area contributed by atoms with Crippen molar-refractivity contribution in [2.45, 2.75) is 12.6 Å². The number of nitrogens with two attached hydrogens (primary N) is 1. The Balaban J connectivity index is 1.59. The number of hydrogen-bond acceptors (Lipinski definition) is 6. The molecule has 150 valence electrons. The van der Waals surface area contributed by atoms with Crippen LogP contribution in [0.3, 0.4) is 0 Å². The molecule has 1 aliphatic heterocycles. The van der Waals surface area contributed by atoms with Crippen LogP contribution in [0.4, 0.5) is 0 Å². The number of hydroxylamine groups is 2. The van der Waals surface area contributed by atoms with Crippen LogP contribution < -0.4 is 15.2 Å². The van der Waals surface area contributed by atoms with E-state index in [-0.39, 0.29) is 6.04 Å². The molecule has 0 amide bonds. The van der Waals surface area contributed by atoms with E-state index in [1.54, 1.807) is 19.3 Å². The van der Waals surface area contributed by atoms with Crippen LogP contribution in [0.1, 0.15) is 17.4 Å². The second-order valence-corrected chi connectivity index (χ2v) is 7.01. The van der Waals surface area contributed by atoms with Crippen LogP contribution in [-0.2, 0) is 11.4 Å². The van der Waals surface area contributed by atoms with E-state index in [2.05, 4.69) is 0 Å². The summed E-state index contributed by atoms with van der Waals surface area (Å²) in [6, 6.07) is 16.7. The van der Waals surface area contributed by atoms with E-state index in [0.29, 0.717) is 29.0 Å². The summed E-state index contributed by atoms with van der Waals surface area (Å²) in [5, 5.41) is 2.40. The molecule has 0 fully saturated rings. The standard InChI is InChI=1S/C22H21ClN2O4/c1-26-17-7-6-15(21(11-17)27-2)13-25-18(12-22(24)29-25)20-9-8-19(28-20)14-4-3-5-16(23)10-14/h3-12,18H,13,24H2,1-2H3. The smallest absolute Gasteiger partial charge is 0.207 e. The molecule has 0 aliphatic carbocycles. The van der Waals surface area contributed by atoms with Crippen LogP contribution in [-0.4, -0.2) is 19.3 Å². The van der Waals surface area contributed by atoms with Gasteiger partial charge < -0.3 is 24.5 Å². The molecular weight excluding hydrogens is 392 g/mol. The predicted octanol–water partition coefficient (Wildman–Crippen LogP) is 4.91. The van der Waals surface area contributed by atoms with Gasteiger partial charge in [-0.05, 0) is 30.3 Å². The van der Waals surface area contributed by atoms with Crippen LogP contribution in [0, 0.1) is 0 Å². The lowest BCUT2D eigenvalue weighted by atomic mass is 10.1. The number of ether oxygens (including phenoxy) is 2. The number of rotatable bonds is 6. The molecule has 0 bridgehead atoms. The highest BCUT2D eigenvalue weighted by atomic mass is 35.5. The van der Waals surface area contributed by atoms with E-state index in [1.807, 2.05) is 60.7 Å². The fourth-order valence-corrected chi connectivity index (χ4v) is 3.47. The molecule has 7 heteroatoms. The van der Waals surface area contributed by atoms with Crippen molar-refractivity contribution in [3.8, 4) is 22.8 Å². The Bertz CT molecular complexity index is 1050. The molecule has 0 saturated carbocycles. The van der Waals surface area contributed by atoms with E-state index in [9.17, 15) is 0 Å². The summed E-state index contributed by atoms with van der Waals surface area (Å²) in [6.07, 6.45) is 1.82. The zero-order chi connectivity index (χ0) is 20.4. The second kappa shape index (κ2) is 8.11. The Labute approximate surface area is 174 Å². The Hall–Kier alpha value is -3.09. The average Bonchev–Trinajstić information content (AvgIpc) is 3.35. The van der Waals surface area contributed by atoms with E-state index < -0.39 is 0 Å². The van der Waals surface area contributed by atoms with Crippen molar-refractivity contribution in [1.82, 2.24) is 5.06 Å². The van der Waals surface area contributed by atoms with Crippen molar-refractivity contribution in [1.29, 1.82) is 0 Å². The van der Waals surface area contributed by atoms with Gasteiger partial charge in [-0.25, -0.2) is 0 Å². The molecule has 2 heterocycles. The summed E-state index contributed by atoms with van der Waals surface area (Å²) in [5.41, 5.74) is 7.79. The number of methoxy groups -OCH3 is 2. The first-order chi connectivity index (χ1) is 14.1. The van der Waals surface area contributed by atoms with Gasteiger partial charge in [0.25, 0.3) is 0 Å². The Kier molecular flexibility index (Phi) is 5.38. The van der Waals surface area contributed by atoms with Crippen molar-refractivity contribution < 1.29 is 18.7 Å². The van der Waals surface area contributed by atoms with Gasteiger partial charge in [-0.1, -0.05) is 29.8 Å². The van der Waals surface area contributed by atoms with Gasteiger partial charge in [-0.15, -0.1) is 5.06 Å². The molecule has 0 radical (unpaired) electrons. The summed E-state index contributed by atoms with van der Waals surface area (Å²) < 4.78 is 16.8. The molecule has 1 atom stereocenters. The topological polar surface area (TPSA) is 70.1 Å². The van der Waals surface area contributed by atoms with Crippen molar-refractivity contribution in [2.24, 2.45) is 5.73 Å². The highest BCUT2D eigenvalue weighted by Crippen LogP contribution is 2.36. The third kappa shape index (κ3) is 4.04. The molecule has 1 unspecified atom stereocenters. The molecule has 6 nitrogen and oxygen atoms in total. The maximum atomic E-state index is 6.09. The molecule has 1 aromatic heterocycles. The van der Waals surface area contributed by atoms with Gasteiger partial charge in [0.15, 0.2) is 0 Å². The fourth-order valence-electron chi connectivity index (χ4n) is 3.28. The summed E-state index contributed by atoms with van der Waals surface area (Å²) in [4.78, 5) is 5.73. The first kappa shape index (κ1) is 19.2. The van der Waals surface area contributed by atoms with Gasteiger partial charge in [0.2, 0.25) is 5.88 Å². The number of halogens is 1. The SMILES string of the molecule is COc1ccc(CN2OC(N)=CC2c2ccc(-c3cccc(Cl)c3)o2)c(OC)c1. The van der Waals surface area contributed by atoms with E-state index in [1.165, 1.54) is 0 Å². The Morgan fingerprint density at radius 3 is 2.69 bits per heavy atom. The first-order valence-corrected chi connectivity index (χ1v) is 9.43. The van der Waals surface area contributed by atoms with Crippen molar-refractivity contribution in [2.75, 3.05) is 14.2 Å². The number of furan rings is 1. The minimum atomic E-state index is -0.269. The second-order valence-electron chi connectivity index (χ2n) is 6.57. The summed E-state index contributed by atoms with van der Waals surface area (Å²) in [7, 11) is 3.24. The molecule has 1 aliphatic rings. The van der Waals surface area contributed by atoms with Crippen LogP contribution in [0.5, 0.6) is 11.5 Å². The maximum Gasteiger partial charge on any atom is 0.207 e. The lowest BCUT2D eigenvalue weighted by Gasteiger charge is -2.22. The van der Waals surface area contributed by atoms with Gasteiger partial charge in [0, 0.05) is 28.3 Å². The summed E-state index contributed by atoms with van der Waals surface area (Å²) >= 11 is 6.09. The maximum absolute atomic E-state index is 6.09. The Morgan fingerprint density at radius 2 is 1.93 bits per heavy atom. The van der Waals surface area contributed by atoms with Gasteiger partial charge in [-0.3, -0.25) is 0 Å². The molecule has 4 rings (SSSR count). The van der Waals surface area contributed by atoms with E-state index in [4.69, 9.17) is 36.1 Å². The van der Waals surface area contributed by atoms with Crippen molar-refractivity contribution >= 4 is 11.6 Å². The lowest BCUT2D eigenvalue weighted by molar-refractivity contribution is -0.131. The zero-order valence-corrected chi connectivity index (χ0v) is 16.8. The third-order valence-corrected chi connectivity index (χ3v) is 4.94. The number of nitrogens with zero attached hydrogens (tertiary/aromatic N) is 1. The first-order valence-electron chi connectivity index (χ1n) is 9.06.